The van der Waals surface area contributed by atoms with Crippen molar-refractivity contribution in [3.63, 3.8) is 0 Å². The summed E-state index contributed by atoms with van der Waals surface area (Å²) in [6, 6.07) is 2.13. The Kier molecular flexibility index (Phi) is 6.58. The van der Waals surface area contributed by atoms with Gasteiger partial charge in [-0.2, -0.15) is 0 Å². The normalized spacial score (nSPS) is 22.0. The molecule has 1 aromatic heterocycles. The number of carbonyl (C=O) groups is 2. The van der Waals surface area contributed by atoms with Crippen molar-refractivity contribution >= 4 is 11.8 Å². The molecular weight excluding hydrogens is 342 g/mol. The number of piperidine rings is 2. The van der Waals surface area contributed by atoms with Gasteiger partial charge in [0.05, 0.1) is 11.8 Å². The molecule has 27 heavy (non-hydrogen) atoms. The Bertz CT molecular complexity index is 649. The van der Waals surface area contributed by atoms with E-state index in [4.69, 9.17) is 4.42 Å². The minimum atomic E-state index is 0.0562. The molecule has 0 saturated carbocycles. The molecule has 1 unspecified atom stereocenters. The second-order valence-corrected chi connectivity index (χ2v) is 8.23. The maximum absolute atomic E-state index is 12.7. The van der Waals surface area contributed by atoms with Crippen molar-refractivity contribution in [1.29, 1.82) is 0 Å². The van der Waals surface area contributed by atoms with Crippen LogP contribution in [0.15, 0.2) is 16.7 Å². The number of nitrogens with zero attached hydrogens (tertiary/aromatic N) is 3. The summed E-state index contributed by atoms with van der Waals surface area (Å²) in [5.74, 6) is 1.39. The summed E-state index contributed by atoms with van der Waals surface area (Å²) < 4.78 is 5.27. The quantitative estimate of drug-likeness (QED) is 0.794. The minimum absolute atomic E-state index is 0.0562. The first-order chi connectivity index (χ1) is 13.0. The van der Waals surface area contributed by atoms with Crippen LogP contribution in [0.5, 0.6) is 0 Å². The molecule has 2 saturated heterocycles. The zero-order valence-electron chi connectivity index (χ0n) is 16.9. The van der Waals surface area contributed by atoms with Crippen LogP contribution in [0.25, 0.3) is 0 Å². The van der Waals surface area contributed by atoms with Gasteiger partial charge in [-0.3, -0.25) is 9.59 Å². The second kappa shape index (κ2) is 8.91. The average Bonchev–Trinajstić information content (AvgIpc) is 3.11. The molecule has 6 nitrogen and oxygen atoms in total. The molecule has 0 aliphatic carbocycles. The monoisotopic (exact) mass is 375 g/mol. The first-order valence-corrected chi connectivity index (χ1v) is 10.2. The zero-order chi connectivity index (χ0) is 19.4. The Morgan fingerprint density at radius 2 is 1.96 bits per heavy atom. The largest absolute Gasteiger partial charge is 0.469 e. The smallest absolute Gasteiger partial charge is 0.257 e. The highest BCUT2D eigenvalue weighted by Gasteiger charge is 2.28. The highest BCUT2D eigenvalue weighted by Crippen LogP contribution is 2.24. The van der Waals surface area contributed by atoms with E-state index in [-0.39, 0.29) is 11.8 Å². The van der Waals surface area contributed by atoms with Crippen LogP contribution in [0.1, 0.15) is 54.6 Å². The molecule has 1 aromatic rings. The van der Waals surface area contributed by atoms with Gasteiger partial charge in [0, 0.05) is 32.6 Å². The van der Waals surface area contributed by atoms with Crippen LogP contribution in [0.3, 0.4) is 0 Å². The molecule has 0 N–H and O–H groups in total. The molecule has 0 radical (unpaired) electrons. The molecule has 1 atom stereocenters. The lowest BCUT2D eigenvalue weighted by molar-refractivity contribution is -0.133. The summed E-state index contributed by atoms with van der Waals surface area (Å²) >= 11 is 0. The van der Waals surface area contributed by atoms with Crippen LogP contribution in [0.4, 0.5) is 0 Å². The van der Waals surface area contributed by atoms with E-state index in [1.807, 2.05) is 23.8 Å². The van der Waals surface area contributed by atoms with E-state index in [2.05, 4.69) is 11.9 Å². The van der Waals surface area contributed by atoms with Crippen LogP contribution in [0, 0.1) is 12.8 Å². The van der Waals surface area contributed by atoms with Crippen molar-refractivity contribution < 1.29 is 14.0 Å². The summed E-state index contributed by atoms with van der Waals surface area (Å²) in [4.78, 5) is 31.5. The second-order valence-electron chi connectivity index (χ2n) is 8.23. The molecule has 2 aliphatic rings. The van der Waals surface area contributed by atoms with E-state index in [9.17, 15) is 9.59 Å². The van der Waals surface area contributed by atoms with Gasteiger partial charge in [-0.25, -0.2) is 0 Å². The third-order valence-electron chi connectivity index (χ3n) is 6.29. The predicted molar refractivity (Wildman–Crippen MR) is 105 cm³/mol. The number of aryl methyl sites for hydroxylation is 1. The van der Waals surface area contributed by atoms with Gasteiger partial charge >= 0.3 is 0 Å². The van der Waals surface area contributed by atoms with Crippen molar-refractivity contribution in [1.82, 2.24) is 14.7 Å². The van der Waals surface area contributed by atoms with Crippen LogP contribution < -0.4 is 0 Å². The number of amides is 2. The Morgan fingerprint density at radius 3 is 2.63 bits per heavy atom. The zero-order valence-corrected chi connectivity index (χ0v) is 16.9. The Balaban J connectivity index is 1.47. The molecule has 3 heterocycles. The van der Waals surface area contributed by atoms with Crippen LogP contribution in [-0.4, -0.2) is 72.8 Å². The van der Waals surface area contributed by atoms with Gasteiger partial charge in [-0.1, -0.05) is 0 Å². The van der Waals surface area contributed by atoms with Crippen molar-refractivity contribution in [2.45, 2.75) is 51.5 Å². The van der Waals surface area contributed by atoms with Gasteiger partial charge in [0.25, 0.3) is 5.91 Å². The molecule has 0 bridgehead atoms. The molecule has 0 spiro atoms. The minimum Gasteiger partial charge on any atom is -0.469 e. The summed E-state index contributed by atoms with van der Waals surface area (Å²) in [6.07, 6.45) is 7.25. The fourth-order valence-electron chi connectivity index (χ4n) is 4.35. The van der Waals surface area contributed by atoms with Crippen LogP contribution >= 0.6 is 0 Å². The molecule has 2 amide bonds. The topological polar surface area (TPSA) is 57.0 Å². The van der Waals surface area contributed by atoms with Crippen LogP contribution in [-0.2, 0) is 4.79 Å². The predicted octanol–water partition coefficient (Wildman–Crippen LogP) is 2.77. The van der Waals surface area contributed by atoms with E-state index < -0.39 is 0 Å². The average molecular weight is 376 g/mol. The standard InChI is InChI=1S/C21H33N3O3/c1-16-19(10-14-27-16)21(26)24-11-4-5-17(15-24)6-7-20(25)23(3)18-8-12-22(2)13-9-18/h10,14,17-18H,4-9,11-13,15H2,1-3H3. The fraction of sp³-hybridized carbons (Fsp3) is 0.714. The lowest BCUT2D eigenvalue weighted by atomic mass is 9.92. The summed E-state index contributed by atoms with van der Waals surface area (Å²) in [6.45, 7) is 5.50. The van der Waals surface area contributed by atoms with Gasteiger partial charge in [0.1, 0.15) is 5.76 Å². The van der Waals surface area contributed by atoms with E-state index in [0.717, 1.165) is 58.3 Å². The van der Waals surface area contributed by atoms with Gasteiger partial charge in [0.15, 0.2) is 0 Å². The highest BCUT2D eigenvalue weighted by atomic mass is 16.3. The third-order valence-corrected chi connectivity index (χ3v) is 6.29. The number of furan rings is 1. The number of carbonyl (C=O) groups excluding carboxylic acids is 2. The molecule has 3 rings (SSSR count). The first kappa shape index (κ1) is 19.9. The van der Waals surface area contributed by atoms with E-state index in [1.54, 1.807) is 12.3 Å². The SMILES string of the molecule is Cc1occc1C(=O)N1CCCC(CCC(=O)N(C)C2CCN(C)CC2)C1. The van der Waals surface area contributed by atoms with E-state index >= 15 is 0 Å². The molecule has 2 fully saturated rings. The highest BCUT2D eigenvalue weighted by molar-refractivity contribution is 5.95. The van der Waals surface area contributed by atoms with Gasteiger partial charge in [-0.05, 0) is 71.1 Å². The van der Waals surface area contributed by atoms with Crippen molar-refractivity contribution in [2.24, 2.45) is 5.92 Å². The van der Waals surface area contributed by atoms with E-state index in [0.29, 0.717) is 29.7 Å². The van der Waals surface area contributed by atoms with Gasteiger partial charge in [-0.15, -0.1) is 0 Å². The fourth-order valence-corrected chi connectivity index (χ4v) is 4.35. The maximum atomic E-state index is 12.7. The van der Waals surface area contributed by atoms with Gasteiger partial charge < -0.3 is 19.1 Å². The summed E-state index contributed by atoms with van der Waals surface area (Å²) in [7, 11) is 4.09. The van der Waals surface area contributed by atoms with Crippen molar-refractivity contribution in [2.75, 3.05) is 40.3 Å². The summed E-state index contributed by atoms with van der Waals surface area (Å²) in [5, 5.41) is 0. The van der Waals surface area contributed by atoms with Crippen LogP contribution in [0.2, 0.25) is 0 Å². The molecular formula is C21H33N3O3. The Hall–Kier alpha value is -1.82. The Morgan fingerprint density at radius 1 is 1.22 bits per heavy atom. The lowest BCUT2D eigenvalue weighted by Crippen LogP contribution is -2.45. The number of likely N-dealkylation sites (tertiary alicyclic amines) is 2. The Labute approximate surface area is 162 Å². The molecule has 150 valence electrons. The number of hydrogen-bond donors (Lipinski definition) is 0. The lowest BCUT2D eigenvalue weighted by Gasteiger charge is -2.36. The third kappa shape index (κ3) is 4.92. The van der Waals surface area contributed by atoms with E-state index in [1.165, 1.54) is 0 Å². The number of rotatable bonds is 5. The molecule has 6 heteroatoms. The molecule has 0 aromatic carbocycles. The number of hydrogen-bond acceptors (Lipinski definition) is 4. The van der Waals surface area contributed by atoms with Crippen molar-refractivity contribution in [3.05, 3.63) is 23.7 Å². The summed E-state index contributed by atoms with van der Waals surface area (Å²) in [5.41, 5.74) is 0.661. The first-order valence-electron chi connectivity index (χ1n) is 10.2. The van der Waals surface area contributed by atoms with Crippen molar-refractivity contribution in [3.8, 4) is 0 Å². The maximum Gasteiger partial charge on any atom is 0.257 e. The van der Waals surface area contributed by atoms with Gasteiger partial charge in [0.2, 0.25) is 5.91 Å². The molecule has 2 aliphatic heterocycles.